The van der Waals surface area contributed by atoms with Crippen LogP contribution in [0.1, 0.15) is 24.0 Å². The van der Waals surface area contributed by atoms with Crippen LogP contribution in [0.5, 0.6) is 5.88 Å². The molecule has 1 aromatic heterocycles. The highest BCUT2D eigenvalue weighted by Gasteiger charge is 2.38. The van der Waals surface area contributed by atoms with Crippen LogP contribution in [0, 0.1) is 0 Å². The van der Waals surface area contributed by atoms with E-state index in [2.05, 4.69) is 25.9 Å². The Bertz CT molecular complexity index is 992. The number of aromatic nitrogens is 2. The van der Waals surface area contributed by atoms with Gasteiger partial charge in [-0.1, -0.05) is 28.1 Å². The number of H-pyrrole nitrogens is 2. The highest BCUT2D eigenvalue weighted by atomic mass is 79.9. The number of halogens is 1. The number of nitrogens with two attached hydrogens (primary N) is 1. The summed E-state index contributed by atoms with van der Waals surface area (Å²) in [7, 11) is 0. The first-order chi connectivity index (χ1) is 11.9. The largest absolute Gasteiger partial charge is 0.462 e. The lowest BCUT2D eigenvalue weighted by Gasteiger charge is -2.27. The second-order valence-corrected chi connectivity index (χ2v) is 6.16. The lowest BCUT2D eigenvalue weighted by molar-refractivity contribution is -0.139. The van der Waals surface area contributed by atoms with Crippen molar-refractivity contribution >= 4 is 21.9 Å². The van der Waals surface area contributed by atoms with Crippen molar-refractivity contribution in [2.45, 2.75) is 12.8 Å². The molecular formula is C16H14BrN3O5. The molecule has 2 heterocycles. The van der Waals surface area contributed by atoms with Gasteiger partial charge < -0.3 is 15.2 Å². The zero-order valence-electron chi connectivity index (χ0n) is 13.1. The topological polar surface area (TPSA) is 127 Å². The van der Waals surface area contributed by atoms with E-state index < -0.39 is 23.1 Å². The summed E-state index contributed by atoms with van der Waals surface area (Å²) in [4.78, 5) is 40.9. The van der Waals surface area contributed by atoms with Gasteiger partial charge in [-0.2, -0.15) is 0 Å². The van der Waals surface area contributed by atoms with Gasteiger partial charge in [-0.05, 0) is 24.6 Å². The highest BCUT2D eigenvalue weighted by molar-refractivity contribution is 9.10. The maximum Gasteiger partial charge on any atom is 0.340 e. The Hall–Kier alpha value is -2.81. The molecule has 8 nitrogen and oxygen atoms in total. The van der Waals surface area contributed by atoms with E-state index in [1.54, 1.807) is 31.2 Å². The monoisotopic (exact) mass is 407 g/mol. The number of carbonyl (C=O) groups excluding carboxylic acids is 1. The molecule has 4 N–H and O–H groups in total. The standard InChI is InChI=1S/C16H14BrN3O5/c1-2-24-15(22)10-9(7-4-3-5-8(17)6-7)11-13(21)19-16(23)20-14(11)25-12(10)18/h3-6,9H,2,18H2,1H3,(H2,19,20,21,23)/t9-/m1/s1. The lowest BCUT2D eigenvalue weighted by atomic mass is 9.84. The van der Waals surface area contributed by atoms with E-state index in [4.69, 9.17) is 15.2 Å². The minimum absolute atomic E-state index is 0.00463. The van der Waals surface area contributed by atoms with Crippen molar-refractivity contribution in [3.63, 3.8) is 0 Å². The van der Waals surface area contributed by atoms with Crippen LogP contribution in [0.2, 0.25) is 0 Å². The van der Waals surface area contributed by atoms with Crippen LogP contribution in [-0.2, 0) is 9.53 Å². The van der Waals surface area contributed by atoms with Gasteiger partial charge in [0.05, 0.1) is 18.1 Å². The summed E-state index contributed by atoms with van der Waals surface area (Å²) >= 11 is 3.36. The fourth-order valence-electron chi connectivity index (χ4n) is 2.72. The summed E-state index contributed by atoms with van der Waals surface area (Å²) in [6, 6.07) is 7.05. The number of hydrogen-bond donors (Lipinski definition) is 3. The average Bonchev–Trinajstić information content (AvgIpc) is 2.53. The fourth-order valence-corrected chi connectivity index (χ4v) is 3.13. The van der Waals surface area contributed by atoms with Gasteiger partial charge in [0.2, 0.25) is 11.8 Å². The van der Waals surface area contributed by atoms with E-state index in [-0.39, 0.29) is 29.5 Å². The number of ether oxygens (including phenoxy) is 2. The maximum absolute atomic E-state index is 12.4. The molecule has 0 spiro atoms. The smallest absolute Gasteiger partial charge is 0.340 e. The molecule has 3 rings (SSSR count). The Morgan fingerprint density at radius 3 is 2.80 bits per heavy atom. The summed E-state index contributed by atoms with van der Waals surface area (Å²) in [5.41, 5.74) is 5.20. The summed E-state index contributed by atoms with van der Waals surface area (Å²) < 4.78 is 11.1. The minimum Gasteiger partial charge on any atom is -0.462 e. The van der Waals surface area contributed by atoms with Gasteiger partial charge in [-0.15, -0.1) is 0 Å². The molecule has 1 aliphatic heterocycles. The van der Waals surface area contributed by atoms with Gasteiger partial charge in [-0.3, -0.25) is 14.8 Å². The van der Waals surface area contributed by atoms with E-state index in [0.29, 0.717) is 5.56 Å². The Morgan fingerprint density at radius 2 is 2.12 bits per heavy atom. The molecule has 0 radical (unpaired) electrons. The van der Waals surface area contributed by atoms with Crippen LogP contribution in [0.15, 0.2) is 49.8 Å². The molecule has 2 aromatic rings. The summed E-state index contributed by atoms with van der Waals surface area (Å²) in [6.45, 7) is 1.79. The van der Waals surface area contributed by atoms with Gasteiger partial charge in [0.1, 0.15) is 5.57 Å². The van der Waals surface area contributed by atoms with Crippen LogP contribution < -0.4 is 21.7 Å². The van der Waals surface area contributed by atoms with Gasteiger partial charge >= 0.3 is 11.7 Å². The van der Waals surface area contributed by atoms with E-state index in [0.717, 1.165) is 4.47 Å². The van der Waals surface area contributed by atoms with E-state index in [9.17, 15) is 14.4 Å². The highest BCUT2D eigenvalue weighted by Crippen LogP contribution is 2.39. The van der Waals surface area contributed by atoms with Crippen molar-refractivity contribution in [1.82, 2.24) is 9.97 Å². The molecule has 0 bridgehead atoms. The van der Waals surface area contributed by atoms with Crippen LogP contribution >= 0.6 is 15.9 Å². The Morgan fingerprint density at radius 1 is 1.36 bits per heavy atom. The fraction of sp³-hybridized carbons (Fsp3) is 0.188. The number of benzene rings is 1. The molecule has 0 saturated heterocycles. The molecule has 0 saturated carbocycles. The van der Waals surface area contributed by atoms with Gasteiger partial charge in [-0.25, -0.2) is 9.59 Å². The molecule has 130 valence electrons. The second kappa shape index (κ2) is 6.60. The first kappa shape index (κ1) is 17.0. The van der Waals surface area contributed by atoms with Crippen molar-refractivity contribution < 1.29 is 14.3 Å². The predicted molar refractivity (Wildman–Crippen MR) is 92.1 cm³/mol. The molecule has 1 atom stereocenters. The average molecular weight is 408 g/mol. The molecule has 0 fully saturated rings. The zero-order chi connectivity index (χ0) is 18.1. The third-order valence-electron chi connectivity index (χ3n) is 3.68. The normalized spacial score (nSPS) is 16.2. The Balaban J connectivity index is 2.30. The van der Waals surface area contributed by atoms with Crippen LogP contribution in [0.4, 0.5) is 0 Å². The zero-order valence-corrected chi connectivity index (χ0v) is 14.7. The number of nitrogens with one attached hydrogen (secondary N) is 2. The third-order valence-corrected chi connectivity index (χ3v) is 4.17. The molecule has 1 aliphatic rings. The Kier molecular flexibility index (Phi) is 4.49. The minimum atomic E-state index is -0.846. The van der Waals surface area contributed by atoms with Crippen molar-refractivity contribution in [1.29, 1.82) is 0 Å². The van der Waals surface area contributed by atoms with Crippen molar-refractivity contribution in [3.05, 3.63) is 72.2 Å². The number of esters is 1. The quantitative estimate of drug-likeness (QED) is 0.653. The summed E-state index contributed by atoms with van der Waals surface area (Å²) in [6.07, 6.45) is 0. The van der Waals surface area contributed by atoms with E-state index in [1.807, 2.05) is 0 Å². The van der Waals surface area contributed by atoms with Crippen LogP contribution in [0.3, 0.4) is 0 Å². The molecule has 9 heteroatoms. The van der Waals surface area contributed by atoms with Crippen LogP contribution in [-0.4, -0.2) is 22.5 Å². The van der Waals surface area contributed by atoms with Crippen molar-refractivity contribution in [2.75, 3.05) is 6.61 Å². The van der Waals surface area contributed by atoms with Crippen molar-refractivity contribution in [3.8, 4) is 5.88 Å². The third kappa shape index (κ3) is 3.10. The molecule has 0 unspecified atom stereocenters. The molecule has 0 aliphatic carbocycles. The molecule has 1 aromatic carbocycles. The maximum atomic E-state index is 12.4. The summed E-state index contributed by atoms with van der Waals surface area (Å²) in [5.74, 6) is -1.86. The van der Waals surface area contributed by atoms with Gasteiger partial charge in [0.25, 0.3) is 5.56 Å². The van der Waals surface area contributed by atoms with Gasteiger partial charge in [0, 0.05) is 4.47 Å². The van der Waals surface area contributed by atoms with Crippen molar-refractivity contribution in [2.24, 2.45) is 5.73 Å². The number of aromatic amines is 2. The van der Waals surface area contributed by atoms with Crippen LogP contribution in [0.25, 0.3) is 0 Å². The molecule has 0 amide bonds. The molecular weight excluding hydrogens is 394 g/mol. The van der Waals surface area contributed by atoms with Gasteiger partial charge in [0.15, 0.2) is 0 Å². The second-order valence-electron chi connectivity index (χ2n) is 5.24. The van der Waals surface area contributed by atoms with E-state index >= 15 is 0 Å². The first-order valence-electron chi connectivity index (χ1n) is 7.39. The van der Waals surface area contributed by atoms with E-state index in [1.165, 1.54) is 0 Å². The SMILES string of the molecule is CCOC(=O)C1=C(N)Oc2[nH]c(=O)[nH]c(=O)c2[C@@H]1c1cccc(Br)c1. The number of carbonyl (C=O) groups is 1. The molecule has 25 heavy (non-hydrogen) atoms. The Labute approximate surface area is 149 Å². The number of hydrogen-bond acceptors (Lipinski definition) is 6. The lowest BCUT2D eigenvalue weighted by Crippen LogP contribution is -2.35. The number of rotatable bonds is 3. The number of fused-ring (bicyclic) bond motifs is 1. The summed E-state index contributed by atoms with van der Waals surface area (Å²) in [5, 5.41) is 0. The predicted octanol–water partition coefficient (Wildman–Crippen LogP) is 1.08. The first-order valence-corrected chi connectivity index (χ1v) is 8.18.